The predicted octanol–water partition coefficient (Wildman–Crippen LogP) is 1.10. The summed E-state index contributed by atoms with van der Waals surface area (Å²) in [5.74, 6) is -0.0111. The summed E-state index contributed by atoms with van der Waals surface area (Å²) in [6, 6.07) is 5.36. The zero-order valence-electron chi connectivity index (χ0n) is 9.77. The second kappa shape index (κ2) is 4.21. The van der Waals surface area contributed by atoms with Gasteiger partial charge in [-0.2, -0.15) is 4.98 Å². The molecule has 1 aromatic heterocycles. The summed E-state index contributed by atoms with van der Waals surface area (Å²) in [7, 11) is 0. The highest BCUT2D eigenvalue weighted by atomic mass is 16.4. The Labute approximate surface area is 104 Å². The fraction of sp³-hybridized carbons (Fsp3) is 0.333. The van der Waals surface area contributed by atoms with Crippen LogP contribution < -0.4 is 16.4 Å². The van der Waals surface area contributed by atoms with Crippen molar-refractivity contribution in [1.82, 2.24) is 10.3 Å². The molecule has 1 unspecified atom stereocenters. The number of amides is 1. The highest BCUT2D eigenvalue weighted by molar-refractivity contribution is 5.85. The number of nitrogen functional groups attached to an aromatic ring is 1. The van der Waals surface area contributed by atoms with Crippen LogP contribution in [-0.4, -0.2) is 23.5 Å². The Morgan fingerprint density at radius 2 is 2.39 bits per heavy atom. The number of rotatable bonds is 2. The Morgan fingerprint density at radius 1 is 1.50 bits per heavy atom. The summed E-state index contributed by atoms with van der Waals surface area (Å²) in [6.07, 6.45) is 1.74. The Bertz CT molecular complexity index is 593. The smallest absolute Gasteiger partial charge is 0.296 e. The lowest BCUT2D eigenvalue weighted by atomic mass is 10.1. The molecule has 6 nitrogen and oxygen atoms in total. The molecular weight excluding hydrogens is 232 g/mol. The Morgan fingerprint density at radius 3 is 3.22 bits per heavy atom. The molecule has 1 amide bonds. The number of hydrogen-bond acceptors (Lipinski definition) is 5. The Hall–Kier alpha value is -2.24. The number of nitrogens with zero attached hydrogens (tertiary/aromatic N) is 1. The number of aromatic nitrogens is 1. The van der Waals surface area contributed by atoms with Crippen molar-refractivity contribution in [3.63, 3.8) is 0 Å². The van der Waals surface area contributed by atoms with Gasteiger partial charge in [0.25, 0.3) is 6.01 Å². The van der Waals surface area contributed by atoms with Crippen LogP contribution in [-0.2, 0) is 4.79 Å². The van der Waals surface area contributed by atoms with E-state index in [9.17, 15) is 4.79 Å². The number of nitrogens with two attached hydrogens (primary N) is 1. The first-order valence-corrected chi connectivity index (χ1v) is 5.93. The first-order valence-electron chi connectivity index (χ1n) is 5.93. The number of anilines is 2. The molecule has 0 radical (unpaired) electrons. The summed E-state index contributed by atoms with van der Waals surface area (Å²) >= 11 is 0. The van der Waals surface area contributed by atoms with E-state index in [0.29, 0.717) is 17.3 Å². The van der Waals surface area contributed by atoms with Crippen LogP contribution in [0.4, 0.5) is 11.7 Å². The zero-order chi connectivity index (χ0) is 12.5. The Kier molecular flexibility index (Phi) is 2.55. The minimum Gasteiger partial charge on any atom is -0.423 e. The van der Waals surface area contributed by atoms with Crippen LogP contribution in [0.5, 0.6) is 0 Å². The van der Waals surface area contributed by atoms with E-state index in [1.54, 1.807) is 18.2 Å². The SMILES string of the molecule is Nc1ccc2nc(NC3CCCNC3=O)oc2c1. The van der Waals surface area contributed by atoms with Crippen molar-refractivity contribution < 1.29 is 9.21 Å². The van der Waals surface area contributed by atoms with E-state index >= 15 is 0 Å². The largest absolute Gasteiger partial charge is 0.423 e. The molecule has 1 fully saturated rings. The molecule has 0 spiro atoms. The fourth-order valence-corrected chi connectivity index (χ4v) is 2.06. The normalized spacial score (nSPS) is 19.8. The first kappa shape index (κ1) is 10.9. The summed E-state index contributed by atoms with van der Waals surface area (Å²) in [5.41, 5.74) is 7.64. The van der Waals surface area contributed by atoms with E-state index in [4.69, 9.17) is 10.2 Å². The van der Waals surface area contributed by atoms with Crippen molar-refractivity contribution in [3.05, 3.63) is 18.2 Å². The van der Waals surface area contributed by atoms with Crippen molar-refractivity contribution in [2.75, 3.05) is 17.6 Å². The topological polar surface area (TPSA) is 93.2 Å². The molecular formula is C12H14N4O2. The van der Waals surface area contributed by atoms with E-state index in [-0.39, 0.29) is 11.9 Å². The standard InChI is InChI=1S/C12H14N4O2/c13-7-3-4-8-10(6-7)18-12(15-8)16-9-2-1-5-14-11(9)17/h3-4,6,9H,1-2,5,13H2,(H,14,17)(H,15,16). The third-order valence-electron chi connectivity index (χ3n) is 3.00. The number of nitrogens with one attached hydrogen (secondary N) is 2. The number of fused-ring (bicyclic) bond motifs is 1. The Balaban J connectivity index is 1.84. The first-order chi connectivity index (χ1) is 8.72. The molecule has 1 atom stereocenters. The molecule has 2 heterocycles. The second-order valence-corrected chi connectivity index (χ2v) is 4.38. The number of carbonyl (C=O) groups excluding carboxylic acids is 1. The quantitative estimate of drug-likeness (QED) is 0.690. The summed E-state index contributed by atoms with van der Waals surface area (Å²) < 4.78 is 5.52. The summed E-state index contributed by atoms with van der Waals surface area (Å²) in [6.45, 7) is 0.737. The summed E-state index contributed by atoms with van der Waals surface area (Å²) in [4.78, 5) is 15.9. The number of carbonyl (C=O) groups is 1. The van der Waals surface area contributed by atoms with Gasteiger partial charge in [-0.15, -0.1) is 0 Å². The van der Waals surface area contributed by atoms with Crippen molar-refractivity contribution in [1.29, 1.82) is 0 Å². The van der Waals surface area contributed by atoms with Gasteiger partial charge < -0.3 is 20.8 Å². The summed E-state index contributed by atoms with van der Waals surface area (Å²) in [5, 5.41) is 5.81. The molecule has 2 aromatic rings. The number of hydrogen-bond donors (Lipinski definition) is 3. The van der Waals surface area contributed by atoms with E-state index in [1.165, 1.54) is 0 Å². The van der Waals surface area contributed by atoms with Gasteiger partial charge in [0.2, 0.25) is 5.91 Å². The second-order valence-electron chi connectivity index (χ2n) is 4.38. The van der Waals surface area contributed by atoms with E-state index in [1.807, 2.05) is 0 Å². The average molecular weight is 246 g/mol. The van der Waals surface area contributed by atoms with Gasteiger partial charge in [0.05, 0.1) is 0 Å². The van der Waals surface area contributed by atoms with E-state index in [2.05, 4.69) is 15.6 Å². The molecule has 1 aliphatic heterocycles. The molecule has 94 valence electrons. The molecule has 18 heavy (non-hydrogen) atoms. The zero-order valence-corrected chi connectivity index (χ0v) is 9.77. The van der Waals surface area contributed by atoms with Crippen LogP contribution in [0.1, 0.15) is 12.8 Å². The van der Waals surface area contributed by atoms with Gasteiger partial charge in [0.1, 0.15) is 11.6 Å². The van der Waals surface area contributed by atoms with Crippen LogP contribution in [0.25, 0.3) is 11.1 Å². The van der Waals surface area contributed by atoms with Crippen LogP contribution in [0, 0.1) is 0 Å². The third-order valence-corrected chi connectivity index (χ3v) is 3.00. The maximum absolute atomic E-state index is 11.6. The lowest BCUT2D eigenvalue weighted by Gasteiger charge is -2.21. The average Bonchev–Trinajstić information content (AvgIpc) is 2.73. The highest BCUT2D eigenvalue weighted by Gasteiger charge is 2.23. The number of oxazole rings is 1. The molecule has 1 saturated heterocycles. The number of piperidine rings is 1. The predicted molar refractivity (Wildman–Crippen MR) is 68.1 cm³/mol. The van der Waals surface area contributed by atoms with Crippen molar-refractivity contribution >= 4 is 28.7 Å². The lowest BCUT2D eigenvalue weighted by molar-refractivity contribution is -0.123. The number of benzene rings is 1. The minimum absolute atomic E-state index is 0.0111. The van der Waals surface area contributed by atoms with E-state index in [0.717, 1.165) is 24.9 Å². The maximum atomic E-state index is 11.6. The lowest BCUT2D eigenvalue weighted by Crippen LogP contribution is -2.44. The third kappa shape index (κ3) is 1.97. The van der Waals surface area contributed by atoms with Gasteiger partial charge in [0.15, 0.2) is 5.58 Å². The van der Waals surface area contributed by atoms with Gasteiger partial charge in [-0.1, -0.05) is 0 Å². The molecule has 1 aromatic carbocycles. The van der Waals surface area contributed by atoms with Crippen molar-refractivity contribution in [3.8, 4) is 0 Å². The molecule has 3 rings (SSSR count). The van der Waals surface area contributed by atoms with Gasteiger partial charge in [-0.3, -0.25) is 4.79 Å². The van der Waals surface area contributed by atoms with E-state index < -0.39 is 0 Å². The monoisotopic (exact) mass is 246 g/mol. The molecule has 0 bridgehead atoms. The molecule has 6 heteroatoms. The molecule has 0 saturated carbocycles. The fourth-order valence-electron chi connectivity index (χ4n) is 2.06. The van der Waals surface area contributed by atoms with Crippen LogP contribution in [0.15, 0.2) is 22.6 Å². The van der Waals surface area contributed by atoms with Crippen molar-refractivity contribution in [2.45, 2.75) is 18.9 Å². The molecule has 4 N–H and O–H groups in total. The van der Waals surface area contributed by atoms with Crippen LogP contribution >= 0.6 is 0 Å². The van der Waals surface area contributed by atoms with Gasteiger partial charge >= 0.3 is 0 Å². The maximum Gasteiger partial charge on any atom is 0.296 e. The minimum atomic E-state index is -0.274. The molecule has 0 aliphatic carbocycles. The van der Waals surface area contributed by atoms with Crippen molar-refractivity contribution in [2.24, 2.45) is 0 Å². The van der Waals surface area contributed by atoms with Gasteiger partial charge in [-0.25, -0.2) is 0 Å². The van der Waals surface area contributed by atoms with Crippen LogP contribution in [0.2, 0.25) is 0 Å². The molecule has 1 aliphatic rings. The van der Waals surface area contributed by atoms with Crippen LogP contribution in [0.3, 0.4) is 0 Å². The highest BCUT2D eigenvalue weighted by Crippen LogP contribution is 2.22. The van der Waals surface area contributed by atoms with Gasteiger partial charge in [-0.05, 0) is 25.0 Å². The van der Waals surface area contributed by atoms with Gasteiger partial charge in [0, 0.05) is 18.3 Å².